The summed E-state index contributed by atoms with van der Waals surface area (Å²) in [5, 5.41) is 0. The molecule has 3 saturated carbocycles. The number of Topliss-reactive ketones (excluding diaryl/α,β-unsaturated/α-hetero) is 2. The van der Waals surface area contributed by atoms with E-state index in [0.717, 1.165) is 37.2 Å². The summed E-state index contributed by atoms with van der Waals surface area (Å²) in [6.07, 6.45) is 11.6. The van der Waals surface area contributed by atoms with E-state index < -0.39 is 0 Å². The van der Waals surface area contributed by atoms with Crippen molar-refractivity contribution < 1.29 is 9.59 Å². The van der Waals surface area contributed by atoms with E-state index >= 15 is 0 Å². The zero-order chi connectivity index (χ0) is 21.1. The van der Waals surface area contributed by atoms with Crippen LogP contribution in [0.15, 0.2) is 42.0 Å². The Labute approximate surface area is 181 Å². The number of carbonyl (C=O) groups excluding carboxylic acids is 2. The van der Waals surface area contributed by atoms with Crippen molar-refractivity contribution in [1.82, 2.24) is 0 Å². The summed E-state index contributed by atoms with van der Waals surface area (Å²) in [6.45, 7) is 6.70. The first-order chi connectivity index (χ1) is 14.3. The van der Waals surface area contributed by atoms with Crippen molar-refractivity contribution in [3.8, 4) is 0 Å². The van der Waals surface area contributed by atoms with Crippen LogP contribution in [0.4, 0.5) is 0 Å². The predicted molar refractivity (Wildman–Crippen MR) is 120 cm³/mol. The number of fused-ring (bicyclic) bond motifs is 5. The first kappa shape index (κ1) is 20.2. The summed E-state index contributed by atoms with van der Waals surface area (Å²) in [5.41, 5.74) is 2.89. The number of hydrogen-bond acceptors (Lipinski definition) is 2. The lowest BCUT2D eigenvalue weighted by molar-refractivity contribution is -0.122. The van der Waals surface area contributed by atoms with Gasteiger partial charge in [0.1, 0.15) is 5.78 Å². The Hall–Kier alpha value is -1.70. The highest BCUT2D eigenvalue weighted by Gasteiger charge is 2.59. The fourth-order valence-corrected chi connectivity index (χ4v) is 8.24. The van der Waals surface area contributed by atoms with Crippen LogP contribution in [-0.4, -0.2) is 11.6 Å². The average molecular weight is 405 g/mol. The smallest absolute Gasteiger partial charge is 0.166 e. The van der Waals surface area contributed by atoms with Crippen molar-refractivity contribution in [3.63, 3.8) is 0 Å². The van der Waals surface area contributed by atoms with Crippen molar-refractivity contribution in [1.29, 1.82) is 0 Å². The molecule has 0 amide bonds. The molecule has 0 spiro atoms. The monoisotopic (exact) mass is 404 g/mol. The molecule has 1 aromatic carbocycles. The maximum atomic E-state index is 13.4. The molecule has 0 radical (unpaired) electrons. The fourth-order valence-electron chi connectivity index (χ4n) is 8.24. The van der Waals surface area contributed by atoms with Crippen molar-refractivity contribution in [2.24, 2.45) is 40.4 Å². The van der Waals surface area contributed by atoms with Gasteiger partial charge in [-0.05, 0) is 86.9 Å². The zero-order valence-corrected chi connectivity index (χ0v) is 18.8. The molecule has 1 aromatic rings. The molecule has 0 aliphatic heterocycles. The normalized spacial score (nSPS) is 42.5. The Morgan fingerprint density at radius 2 is 1.70 bits per heavy atom. The minimum absolute atomic E-state index is 0.145. The lowest BCUT2D eigenvalue weighted by atomic mass is 9.46. The summed E-state index contributed by atoms with van der Waals surface area (Å²) in [5.74, 6) is 3.27. The minimum Gasteiger partial charge on any atom is -0.300 e. The molecule has 0 bridgehead atoms. The van der Waals surface area contributed by atoms with Gasteiger partial charge in [-0.2, -0.15) is 0 Å². The van der Waals surface area contributed by atoms with Crippen LogP contribution in [0.2, 0.25) is 0 Å². The molecule has 2 heteroatoms. The van der Waals surface area contributed by atoms with Crippen LogP contribution in [0.1, 0.15) is 82.5 Å². The van der Waals surface area contributed by atoms with Gasteiger partial charge in [0.15, 0.2) is 5.78 Å². The molecule has 160 valence electrons. The van der Waals surface area contributed by atoms with E-state index in [4.69, 9.17) is 0 Å². The highest BCUT2D eigenvalue weighted by Crippen LogP contribution is 2.66. The van der Waals surface area contributed by atoms with E-state index in [1.54, 1.807) is 12.5 Å². The molecular weight excluding hydrogens is 368 g/mol. The number of hydrogen-bond donors (Lipinski definition) is 0. The third-order valence-electron chi connectivity index (χ3n) is 10.1. The van der Waals surface area contributed by atoms with E-state index in [1.807, 2.05) is 30.3 Å². The first-order valence-corrected chi connectivity index (χ1v) is 12.1. The van der Waals surface area contributed by atoms with Crippen LogP contribution in [0.25, 0.3) is 0 Å². The van der Waals surface area contributed by atoms with Gasteiger partial charge in [0, 0.05) is 17.4 Å². The summed E-state index contributed by atoms with van der Waals surface area (Å²) in [6, 6.07) is 9.97. The Balaban J connectivity index is 1.41. The van der Waals surface area contributed by atoms with Gasteiger partial charge in [-0.15, -0.1) is 0 Å². The molecule has 30 heavy (non-hydrogen) atoms. The highest BCUT2D eigenvalue weighted by atomic mass is 16.1. The van der Waals surface area contributed by atoms with E-state index in [9.17, 15) is 9.59 Å². The molecule has 0 N–H and O–H groups in total. The second-order valence-corrected chi connectivity index (χ2v) is 11.2. The number of ketones is 2. The number of rotatable bonds is 3. The van der Waals surface area contributed by atoms with Gasteiger partial charge in [0.05, 0.1) is 0 Å². The van der Waals surface area contributed by atoms with Gasteiger partial charge in [0.2, 0.25) is 0 Å². The van der Waals surface area contributed by atoms with Gasteiger partial charge in [-0.3, -0.25) is 9.59 Å². The molecule has 4 aliphatic carbocycles. The Morgan fingerprint density at radius 1 is 0.933 bits per heavy atom. The predicted octanol–water partition coefficient (Wildman–Crippen LogP) is 6.65. The Kier molecular flexibility index (Phi) is 4.84. The molecule has 3 fully saturated rings. The van der Waals surface area contributed by atoms with E-state index in [2.05, 4.69) is 19.9 Å². The third-order valence-corrected chi connectivity index (χ3v) is 10.1. The average Bonchev–Trinajstić information content (AvgIpc) is 3.10. The van der Waals surface area contributed by atoms with Crippen molar-refractivity contribution in [3.05, 3.63) is 47.5 Å². The van der Waals surface area contributed by atoms with Gasteiger partial charge in [-0.1, -0.05) is 55.8 Å². The lowest BCUT2D eigenvalue weighted by Crippen LogP contribution is -2.50. The van der Waals surface area contributed by atoms with E-state index in [-0.39, 0.29) is 22.7 Å². The molecule has 7 unspecified atom stereocenters. The van der Waals surface area contributed by atoms with Crippen LogP contribution in [-0.2, 0) is 4.79 Å². The SMILES string of the molecule is CC(=O)C1CCC2(C)C(=CCC3C2CCC2(C)C(C(=O)c4ccccc4)CCC32)C1. The second-order valence-electron chi connectivity index (χ2n) is 11.2. The van der Waals surface area contributed by atoms with Crippen LogP contribution < -0.4 is 0 Å². The van der Waals surface area contributed by atoms with Crippen molar-refractivity contribution in [2.45, 2.75) is 72.1 Å². The first-order valence-electron chi connectivity index (χ1n) is 12.1. The Morgan fingerprint density at radius 3 is 2.43 bits per heavy atom. The number of allylic oxidation sites excluding steroid dienone is 2. The highest BCUT2D eigenvalue weighted by molar-refractivity contribution is 5.98. The van der Waals surface area contributed by atoms with Crippen LogP contribution in [0.5, 0.6) is 0 Å². The maximum absolute atomic E-state index is 13.4. The molecule has 0 saturated heterocycles. The second kappa shape index (κ2) is 7.18. The fraction of sp³-hybridized carbons (Fsp3) is 0.643. The molecule has 5 rings (SSSR count). The molecule has 0 heterocycles. The van der Waals surface area contributed by atoms with Gasteiger partial charge < -0.3 is 0 Å². The largest absolute Gasteiger partial charge is 0.300 e. The van der Waals surface area contributed by atoms with Crippen LogP contribution in [0.3, 0.4) is 0 Å². The maximum Gasteiger partial charge on any atom is 0.166 e. The number of carbonyl (C=O) groups is 2. The molecular formula is C28H36O2. The quantitative estimate of drug-likeness (QED) is 0.417. The van der Waals surface area contributed by atoms with E-state index in [0.29, 0.717) is 23.4 Å². The molecule has 4 aliphatic rings. The van der Waals surface area contributed by atoms with Crippen LogP contribution >= 0.6 is 0 Å². The third kappa shape index (κ3) is 2.89. The molecule has 0 aromatic heterocycles. The number of benzene rings is 1. The van der Waals surface area contributed by atoms with Gasteiger partial charge in [-0.25, -0.2) is 0 Å². The summed E-state index contributed by atoms with van der Waals surface area (Å²) < 4.78 is 0. The van der Waals surface area contributed by atoms with Crippen molar-refractivity contribution in [2.75, 3.05) is 0 Å². The molecule has 2 nitrogen and oxygen atoms in total. The van der Waals surface area contributed by atoms with Crippen LogP contribution in [0, 0.1) is 40.4 Å². The van der Waals surface area contributed by atoms with Gasteiger partial charge >= 0.3 is 0 Å². The summed E-state index contributed by atoms with van der Waals surface area (Å²) in [7, 11) is 0. The topological polar surface area (TPSA) is 34.1 Å². The zero-order valence-electron chi connectivity index (χ0n) is 18.8. The van der Waals surface area contributed by atoms with Crippen molar-refractivity contribution >= 4 is 11.6 Å². The Bertz CT molecular complexity index is 883. The molecule has 7 atom stereocenters. The minimum atomic E-state index is 0.145. The summed E-state index contributed by atoms with van der Waals surface area (Å²) in [4.78, 5) is 25.4. The van der Waals surface area contributed by atoms with Gasteiger partial charge in [0.25, 0.3) is 0 Å². The standard InChI is InChI=1S/C28H36O2/c1-18(29)20-13-15-27(2)21(17-20)9-10-22-23-11-12-25(28(23,3)16-14-24(22)27)26(30)19-7-5-4-6-8-19/h4-9,20,22-25H,10-17H2,1-3H3. The summed E-state index contributed by atoms with van der Waals surface area (Å²) >= 11 is 0. The van der Waals surface area contributed by atoms with E-state index in [1.165, 1.54) is 25.7 Å². The lowest BCUT2D eigenvalue weighted by Gasteiger charge is -2.58.